The molecule has 0 aromatic heterocycles. The highest BCUT2D eigenvalue weighted by atomic mass is 79.9. The molecule has 1 nitrogen and oxygen atoms in total. The maximum absolute atomic E-state index is 5.79. The first-order valence-electron chi connectivity index (χ1n) is 4.16. The van der Waals surface area contributed by atoms with Crippen LogP contribution in [0.3, 0.4) is 0 Å². The molecule has 2 bridgehead atoms. The van der Waals surface area contributed by atoms with Gasteiger partial charge in [0, 0.05) is 4.83 Å². The third kappa shape index (κ3) is 1.24. The second-order valence-electron chi connectivity index (χ2n) is 3.32. The molecule has 0 aromatic rings. The molecule has 0 aliphatic carbocycles. The van der Waals surface area contributed by atoms with Gasteiger partial charge in [0.15, 0.2) is 0 Å². The van der Waals surface area contributed by atoms with Crippen LogP contribution in [0, 0.1) is 0 Å². The number of fused-ring (bicyclic) bond motifs is 2. The van der Waals surface area contributed by atoms with Gasteiger partial charge in [0.2, 0.25) is 0 Å². The van der Waals surface area contributed by atoms with Crippen LogP contribution in [-0.2, 0) is 4.74 Å². The Morgan fingerprint density at radius 1 is 1.10 bits per heavy atom. The summed E-state index contributed by atoms with van der Waals surface area (Å²) in [5.41, 5.74) is 0. The van der Waals surface area contributed by atoms with E-state index >= 15 is 0 Å². The Kier molecular flexibility index (Phi) is 2.01. The Morgan fingerprint density at radius 2 is 2.00 bits per heavy atom. The minimum Gasteiger partial charge on any atom is -0.374 e. The normalized spacial score (nSPS) is 47.1. The summed E-state index contributed by atoms with van der Waals surface area (Å²) in [6.45, 7) is 0. The van der Waals surface area contributed by atoms with Crippen LogP contribution in [0.15, 0.2) is 0 Å². The van der Waals surface area contributed by atoms with Gasteiger partial charge in [0.25, 0.3) is 0 Å². The van der Waals surface area contributed by atoms with Gasteiger partial charge in [-0.25, -0.2) is 0 Å². The van der Waals surface area contributed by atoms with Crippen LogP contribution in [-0.4, -0.2) is 17.0 Å². The lowest BCUT2D eigenvalue weighted by Gasteiger charge is -2.38. The van der Waals surface area contributed by atoms with Gasteiger partial charge >= 0.3 is 0 Å². The van der Waals surface area contributed by atoms with Crippen LogP contribution in [0.4, 0.5) is 0 Å². The molecule has 0 amide bonds. The summed E-state index contributed by atoms with van der Waals surface area (Å²) in [5, 5.41) is 0. The molecule has 0 aromatic carbocycles. The van der Waals surface area contributed by atoms with E-state index in [1.165, 1.54) is 32.1 Å². The minimum absolute atomic E-state index is 0.535. The molecular weight excluding hydrogens is 192 g/mol. The smallest absolute Gasteiger partial charge is 0.0703 e. The minimum atomic E-state index is 0.535. The van der Waals surface area contributed by atoms with Gasteiger partial charge in [0.1, 0.15) is 0 Å². The highest BCUT2D eigenvalue weighted by Gasteiger charge is 2.32. The summed E-state index contributed by atoms with van der Waals surface area (Å²) in [5.74, 6) is 0. The molecule has 2 aliphatic heterocycles. The van der Waals surface area contributed by atoms with Gasteiger partial charge in [0.05, 0.1) is 12.2 Å². The molecule has 2 rings (SSSR count). The summed E-state index contributed by atoms with van der Waals surface area (Å²) in [4.78, 5) is 0.643. The molecule has 2 saturated heterocycles. The summed E-state index contributed by atoms with van der Waals surface area (Å²) < 4.78 is 5.79. The van der Waals surface area contributed by atoms with E-state index in [9.17, 15) is 0 Å². The van der Waals surface area contributed by atoms with Crippen molar-refractivity contribution in [3.8, 4) is 0 Å². The second kappa shape index (κ2) is 2.82. The van der Waals surface area contributed by atoms with Crippen LogP contribution in [0.5, 0.6) is 0 Å². The van der Waals surface area contributed by atoms with Crippen LogP contribution >= 0.6 is 15.9 Å². The molecule has 2 heterocycles. The highest BCUT2D eigenvalue weighted by molar-refractivity contribution is 9.09. The SMILES string of the molecule is Br[C@H]1CC[C@H]2CCC[C@@H]1O2. The lowest BCUT2D eigenvalue weighted by molar-refractivity contribution is -0.0772. The lowest BCUT2D eigenvalue weighted by Crippen LogP contribution is -2.38. The predicted molar refractivity (Wildman–Crippen MR) is 44.5 cm³/mol. The Bertz CT molecular complexity index is 124. The van der Waals surface area contributed by atoms with E-state index in [2.05, 4.69) is 15.9 Å². The number of halogens is 1. The zero-order chi connectivity index (χ0) is 6.97. The van der Waals surface area contributed by atoms with Crippen LogP contribution in [0.1, 0.15) is 32.1 Å². The fourth-order valence-corrected chi connectivity index (χ4v) is 2.59. The van der Waals surface area contributed by atoms with Gasteiger partial charge in [-0.1, -0.05) is 15.9 Å². The molecule has 0 saturated carbocycles. The molecular formula is C8H13BrO. The van der Waals surface area contributed by atoms with Gasteiger partial charge in [-0.15, -0.1) is 0 Å². The van der Waals surface area contributed by atoms with Crippen LogP contribution in [0.2, 0.25) is 0 Å². The summed E-state index contributed by atoms with van der Waals surface area (Å²) in [6.07, 6.45) is 7.67. The van der Waals surface area contributed by atoms with Crippen molar-refractivity contribution in [3.05, 3.63) is 0 Å². The Labute approximate surface area is 70.3 Å². The standard InChI is InChI=1S/C8H13BrO/c9-7-5-4-6-2-1-3-8(7)10-6/h6-8H,1-5H2/t6-,7+,8+/m1/s1. The molecule has 0 N–H and O–H groups in total. The van der Waals surface area contributed by atoms with E-state index in [1.807, 2.05) is 0 Å². The van der Waals surface area contributed by atoms with Crippen molar-refractivity contribution in [2.24, 2.45) is 0 Å². The van der Waals surface area contributed by atoms with Crippen LogP contribution < -0.4 is 0 Å². The van der Waals surface area contributed by atoms with E-state index in [0.717, 1.165) is 0 Å². The third-order valence-electron chi connectivity index (χ3n) is 2.55. The van der Waals surface area contributed by atoms with Crippen molar-refractivity contribution in [1.29, 1.82) is 0 Å². The molecule has 0 radical (unpaired) electrons. The Balaban J connectivity index is 2.00. The molecule has 2 fully saturated rings. The summed E-state index contributed by atoms with van der Waals surface area (Å²) in [6, 6.07) is 0. The van der Waals surface area contributed by atoms with E-state index in [-0.39, 0.29) is 0 Å². The number of hydrogen-bond acceptors (Lipinski definition) is 1. The van der Waals surface area contributed by atoms with Crippen molar-refractivity contribution in [1.82, 2.24) is 0 Å². The molecule has 0 spiro atoms. The molecule has 10 heavy (non-hydrogen) atoms. The van der Waals surface area contributed by atoms with Crippen molar-refractivity contribution in [2.75, 3.05) is 0 Å². The van der Waals surface area contributed by atoms with Crippen molar-refractivity contribution in [2.45, 2.75) is 49.1 Å². The average Bonchev–Trinajstić information content (AvgIpc) is 1.99. The number of rotatable bonds is 0. The number of hydrogen-bond donors (Lipinski definition) is 0. The first kappa shape index (κ1) is 7.11. The maximum Gasteiger partial charge on any atom is 0.0703 e. The third-order valence-corrected chi connectivity index (χ3v) is 3.60. The largest absolute Gasteiger partial charge is 0.374 e. The fourth-order valence-electron chi connectivity index (χ4n) is 1.94. The number of ether oxygens (including phenoxy) is 1. The number of alkyl halides is 1. The van der Waals surface area contributed by atoms with Crippen molar-refractivity contribution < 1.29 is 4.74 Å². The monoisotopic (exact) mass is 204 g/mol. The van der Waals surface area contributed by atoms with Gasteiger partial charge in [-0.2, -0.15) is 0 Å². The molecule has 2 aliphatic rings. The van der Waals surface area contributed by atoms with Crippen molar-refractivity contribution in [3.63, 3.8) is 0 Å². The molecule has 3 atom stereocenters. The van der Waals surface area contributed by atoms with E-state index in [1.54, 1.807) is 0 Å². The second-order valence-corrected chi connectivity index (χ2v) is 4.50. The zero-order valence-corrected chi connectivity index (χ0v) is 7.64. The molecule has 0 unspecified atom stereocenters. The van der Waals surface area contributed by atoms with E-state index < -0.39 is 0 Å². The van der Waals surface area contributed by atoms with Crippen molar-refractivity contribution >= 4 is 15.9 Å². The Hall–Kier alpha value is 0.440. The van der Waals surface area contributed by atoms with Gasteiger partial charge < -0.3 is 4.74 Å². The first-order valence-corrected chi connectivity index (χ1v) is 5.07. The topological polar surface area (TPSA) is 9.23 Å². The quantitative estimate of drug-likeness (QED) is 0.552. The summed E-state index contributed by atoms with van der Waals surface area (Å²) in [7, 11) is 0. The predicted octanol–water partition coefficient (Wildman–Crippen LogP) is 2.48. The molecule has 58 valence electrons. The van der Waals surface area contributed by atoms with Crippen LogP contribution in [0.25, 0.3) is 0 Å². The Morgan fingerprint density at radius 3 is 2.80 bits per heavy atom. The first-order chi connectivity index (χ1) is 4.86. The van der Waals surface area contributed by atoms with Gasteiger partial charge in [-0.05, 0) is 32.1 Å². The van der Waals surface area contributed by atoms with E-state index in [0.29, 0.717) is 17.0 Å². The molecule has 2 heteroatoms. The fraction of sp³-hybridized carbons (Fsp3) is 1.00. The zero-order valence-electron chi connectivity index (χ0n) is 6.05. The highest BCUT2D eigenvalue weighted by Crippen LogP contribution is 2.34. The summed E-state index contributed by atoms with van der Waals surface area (Å²) >= 11 is 3.65. The average molecular weight is 205 g/mol. The lowest BCUT2D eigenvalue weighted by atomic mass is 9.92. The van der Waals surface area contributed by atoms with E-state index in [4.69, 9.17) is 4.74 Å². The van der Waals surface area contributed by atoms with Gasteiger partial charge in [-0.3, -0.25) is 0 Å². The maximum atomic E-state index is 5.79.